The average molecular weight is 370 g/mol. The topological polar surface area (TPSA) is 45.2 Å². The van der Waals surface area contributed by atoms with Crippen LogP contribution < -0.4 is 4.74 Å². The number of piperazine rings is 1. The van der Waals surface area contributed by atoms with Crippen molar-refractivity contribution in [3.63, 3.8) is 0 Å². The molecule has 27 heavy (non-hydrogen) atoms. The first kappa shape index (κ1) is 19.8. The Morgan fingerprint density at radius 2 is 1.81 bits per heavy atom. The molecule has 0 aliphatic carbocycles. The summed E-state index contributed by atoms with van der Waals surface area (Å²) in [6.07, 6.45) is -0.502. The molecule has 3 rings (SSSR count). The molecule has 1 fully saturated rings. The third-order valence-corrected chi connectivity index (χ3v) is 5.06. The van der Waals surface area contributed by atoms with E-state index in [0.717, 1.165) is 30.9 Å². The lowest BCUT2D eigenvalue weighted by molar-refractivity contribution is -0.0116. The maximum Gasteiger partial charge on any atom is 0.118 e. The highest BCUT2D eigenvalue weighted by Gasteiger charge is 2.27. The van der Waals surface area contributed by atoms with Gasteiger partial charge in [0, 0.05) is 32.2 Å². The van der Waals surface area contributed by atoms with Crippen LogP contribution in [-0.2, 0) is 11.3 Å². The fraction of sp³-hybridized carbons (Fsp3) is 0.455. The van der Waals surface area contributed by atoms with Gasteiger partial charge in [-0.15, -0.1) is 0 Å². The van der Waals surface area contributed by atoms with Gasteiger partial charge in [0.15, 0.2) is 0 Å². The molecule has 1 N–H and O–H groups in total. The van der Waals surface area contributed by atoms with Gasteiger partial charge in [-0.25, -0.2) is 0 Å². The van der Waals surface area contributed by atoms with Gasteiger partial charge in [-0.2, -0.15) is 0 Å². The number of hydrogen-bond acceptors (Lipinski definition) is 5. The number of rotatable bonds is 8. The zero-order valence-electron chi connectivity index (χ0n) is 16.3. The molecule has 5 heteroatoms. The van der Waals surface area contributed by atoms with E-state index in [1.165, 1.54) is 5.56 Å². The van der Waals surface area contributed by atoms with Crippen LogP contribution in [0.5, 0.6) is 5.75 Å². The third kappa shape index (κ3) is 5.78. The van der Waals surface area contributed by atoms with Crippen molar-refractivity contribution < 1.29 is 14.6 Å². The highest BCUT2D eigenvalue weighted by atomic mass is 16.5. The van der Waals surface area contributed by atoms with Crippen molar-refractivity contribution in [3.8, 4) is 5.75 Å². The van der Waals surface area contributed by atoms with Gasteiger partial charge < -0.3 is 19.5 Å². The van der Waals surface area contributed by atoms with Crippen molar-refractivity contribution in [2.45, 2.75) is 18.8 Å². The Kier molecular flexibility index (Phi) is 7.24. The number of nitrogens with zero attached hydrogens (tertiary/aromatic N) is 2. The lowest BCUT2D eigenvalue weighted by Gasteiger charge is -2.41. The zero-order valence-corrected chi connectivity index (χ0v) is 16.3. The minimum absolute atomic E-state index is 0.307. The molecule has 0 aromatic heterocycles. The summed E-state index contributed by atoms with van der Waals surface area (Å²) in [7, 11) is 3.81. The molecule has 1 aliphatic heterocycles. The predicted octanol–water partition coefficient (Wildman–Crippen LogP) is 2.56. The van der Waals surface area contributed by atoms with E-state index in [9.17, 15) is 5.11 Å². The van der Waals surface area contributed by atoms with Gasteiger partial charge in [-0.1, -0.05) is 42.5 Å². The van der Waals surface area contributed by atoms with Crippen LogP contribution in [0.3, 0.4) is 0 Å². The molecule has 1 aliphatic rings. The average Bonchev–Trinajstić information content (AvgIpc) is 2.70. The van der Waals surface area contributed by atoms with Crippen LogP contribution >= 0.6 is 0 Å². The number of benzene rings is 2. The molecule has 0 amide bonds. The van der Waals surface area contributed by atoms with Crippen LogP contribution in [0.25, 0.3) is 0 Å². The molecule has 1 heterocycles. The molecule has 0 unspecified atom stereocenters. The number of aliphatic hydroxyl groups excluding tert-OH is 1. The summed E-state index contributed by atoms with van der Waals surface area (Å²) in [5, 5.41) is 10.5. The van der Waals surface area contributed by atoms with Gasteiger partial charge in [0.05, 0.1) is 26.4 Å². The second-order valence-corrected chi connectivity index (χ2v) is 7.20. The number of hydrogen-bond donors (Lipinski definition) is 1. The SMILES string of the molecule is COc1ccc(COC[C@@H](O)CN2CCN(C)C[C@H]2c2ccccc2)cc1. The molecule has 0 spiro atoms. The van der Waals surface area contributed by atoms with E-state index in [1.807, 2.05) is 30.3 Å². The summed E-state index contributed by atoms with van der Waals surface area (Å²) in [6.45, 7) is 4.39. The Balaban J connectivity index is 1.50. The van der Waals surface area contributed by atoms with Crippen LogP contribution in [-0.4, -0.2) is 68.0 Å². The Hall–Kier alpha value is -1.92. The number of ether oxygens (including phenoxy) is 2. The van der Waals surface area contributed by atoms with Gasteiger partial charge >= 0.3 is 0 Å². The van der Waals surface area contributed by atoms with Gasteiger partial charge in [0.1, 0.15) is 5.75 Å². The number of aliphatic hydroxyl groups is 1. The van der Waals surface area contributed by atoms with Crippen molar-refractivity contribution in [2.75, 3.05) is 46.9 Å². The molecule has 2 atom stereocenters. The van der Waals surface area contributed by atoms with Crippen LogP contribution in [0, 0.1) is 0 Å². The first-order chi connectivity index (χ1) is 13.2. The van der Waals surface area contributed by atoms with Crippen LogP contribution in [0.1, 0.15) is 17.2 Å². The third-order valence-electron chi connectivity index (χ3n) is 5.06. The van der Waals surface area contributed by atoms with Crippen molar-refractivity contribution in [3.05, 3.63) is 65.7 Å². The molecule has 0 radical (unpaired) electrons. The minimum Gasteiger partial charge on any atom is -0.497 e. The second kappa shape index (κ2) is 9.85. The van der Waals surface area contributed by atoms with Gasteiger partial charge in [0.25, 0.3) is 0 Å². The Labute approximate surface area is 162 Å². The van der Waals surface area contributed by atoms with E-state index < -0.39 is 6.10 Å². The van der Waals surface area contributed by atoms with Crippen LogP contribution in [0.15, 0.2) is 54.6 Å². The molecular formula is C22H30N2O3. The standard InChI is InChI=1S/C22H30N2O3/c1-23-12-13-24(22(15-23)19-6-4-3-5-7-19)14-20(25)17-27-16-18-8-10-21(26-2)11-9-18/h3-11,20,22,25H,12-17H2,1-2H3/t20-,22-/m0/s1. The van der Waals surface area contributed by atoms with Crippen LogP contribution in [0.2, 0.25) is 0 Å². The molecule has 2 aromatic rings. The van der Waals surface area contributed by atoms with E-state index in [0.29, 0.717) is 25.8 Å². The summed E-state index contributed by atoms with van der Waals surface area (Å²) >= 11 is 0. The largest absolute Gasteiger partial charge is 0.497 e. The number of β-amino-alcohol motifs (C(OH)–C–C–N with tert-alkyl or cyclic N) is 1. The fourth-order valence-electron chi connectivity index (χ4n) is 3.52. The molecule has 146 valence electrons. The molecule has 2 aromatic carbocycles. The maximum absolute atomic E-state index is 10.5. The minimum atomic E-state index is -0.502. The van der Waals surface area contributed by atoms with E-state index >= 15 is 0 Å². The summed E-state index contributed by atoms with van der Waals surface area (Å²) in [5.74, 6) is 0.834. The van der Waals surface area contributed by atoms with E-state index in [4.69, 9.17) is 9.47 Å². The van der Waals surface area contributed by atoms with E-state index in [-0.39, 0.29) is 0 Å². The summed E-state index contributed by atoms with van der Waals surface area (Å²) in [5.41, 5.74) is 2.38. The van der Waals surface area contributed by atoms with Crippen molar-refractivity contribution in [2.24, 2.45) is 0 Å². The lowest BCUT2D eigenvalue weighted by Crippen LogP contribution is -2.49. The monoisotopic (exact) mass is 370 g/mol. The smallest absolute Gasteiger partial charge is 0.118 e. The normalized spacial score (nSPS) is 19.7. The highest BCUT2D eigenvalue weighted by Crippen LogP contribution is 2.25. The first-order valence-corrected chi connectivity index (χ1v) is 9.52. The summed E-state index contributed by atoms with van der Waals surface area (Å²) < 4.78 is 10.9. The molecule has 0 saturated carbocycles. The Morgan fingerprint density at radius 3 is 2.52 bits per heavy atom. The zero-order chi connectivity index (χ0) is 19.1. The Bertz CT molecular complexity index is 678. The highest BCUT2D eigenvalue weighted by molar-refractivity contribution is 5.26. The molecule has 1 saturated heterocycles. The van der Waals surface area contributed by atoms with Gasteiger partial charge in [0.2, 0.25) is 0 Å². The number of likely N-dealkylation sites (N-methyl/N-ethyl adjacent to an activating group) is 1. The maximum atomic E-state index is 10.5. The molecule has 0 bridgehead atoms. The van der Waals surface area contributed by atoms with Crippen molar-refractivity contribution >= 4 is 0 Å². The lowest BCUT2D eigenvalue weighted by atomic mass is 10.0. The van der Waals surface area contributed by atoms with E-state index in [1.54, 1.807) is 7.11 Å². The van der Waals surface area contributed by atoms with Crippen molar-refractivity contribution in [1.82, 2.24) is 9.80 Å². The molecular weight excluding hydrogens is 340 g/mol. The summed E-state index contributed by atoms with van der Waals surface area (Å²) in [4.78, 5) is 4.72. The first-order valence-electron chi connectivity index (χ1n) is 9.52. The van der Waals surface area contributed by atoms with E-state index in [2.05, 4.69) is 41.1 Å². The summed E-state index contributed by atoms with van der Waals surface area (Å²) in [6, 6.07) is 18.7. The number of methoxy groups -OCH3 is 1. The fourth-order valence-corrected chi connectivity index (χ4v) is 3.52. The van der Waals surface area contributed by atoms with Crippen molar-refractivity contribution in [1.29, 1.82) is 0 Å². The Morgan fingerprint density at radius 1 is 1.07 bits per heavy atom. The quantitative estimate of drug-likeness (QED) is 0.774. The predicted molar refractivity (Wildman–Crippen MR) is 107 cm³/mol. The van der Waals surface area contributed by atoms with Gasteiger partial charge in [-0.3, -0.25) is 4.90 Å². The molecule has 5 nitrogen and oxygen atoms in total. The van der Waals surface area contributed by atoms with Crippen LogP contribution in [0.4, 0.5) is 0 Å². The second-order valence-electron chi connectivity index (χ2n) is 7.20. The van der Waals surface area contributed by atoms with Gasteiger partial charge in [-0.05, 0) is 30.3 Å².